The van der Waals surface area contributed by atoms with E-state index in [2.05, 4.69) is 29.4 Å². The summed E-state index contributed by atoms with van der Waals surface area (Å²) >= 11 is 1.43. The van der Waals surface area contributed by atoms with Gasteiger partial charge < -0.3 is 10.0 Å². The lowest BCUT2D eigenvalue weighted by Gasteiger charge is -2.14. The smallest absolute Gasteiger partial charge is 0.323 e. The molecule has 1 aromatic heterocycles. The molecule has 2 amide bonds. The fourth-order valence-electron chi connectivity index (χ4n) is 2.18. The Morgan fingerprint density at radius 1 is 1.53 bits per heavy atom. The minimum Gasteiger partial charge on any atom is -0.391 e. The zero-order valence-electron chi connectivity index (χ0n) is 11.3. The number of carbonyl (C=O) groups excluding carboxylic acids is 1. The molecule has 1 atom stereocenters. The molecule has 0 radical (unpaired) electrons. The van der Waals surface area contributed by atoms with Crippen LogP contribution in [-0.2, 0) is 0 Å². The third-order valence-electron chi connectivity index (χ3n) is 3.44. The molecular formula is C12H20N4O2S. The highest BCUT2D eigenvalue weighted by molar-refractivity contribution is 7.15. The fraction of sp³-hybridized carbons (Fsp3) is 0.750. The average Bonchev–Trinajstić information content (AvgIpc) is 3.00. The Morgan fingerprint density at radius 3 is 2.84 bits per heavy atom. The van der Waals surface area contributed by atoms with Crippen LogP contribution < -0.4 is 5.32 Å². The number of hydrogen-bond acceptors (Lipinski definition) is 5. The van der Waals surface area contributed by atoms with E-state index in [9.17, 15) is 9.90 Å². The first-order chi connectivity index (χ1) is 9.13. The summed E-state index contributed by atoms with van der Waals surface area (Å²) in [6, 6.07) is -0.205. The first kappa shape index (κ1) is 14.2. The molecule has 0 spiro atoms. The molecule has 1 aliphatic rings. The summed E-state index contributed by atoms with van der Waals surface area (Å²) in [5.41, 5.74) is 0. The second kappa shape index (κ2) is 6.29. The SMILES string of the molecule is CCC(CC)c1nnc(NC(=O)N2CC[C@H](O)C2)s1. The summed E-state index contributed by atoms with van der Waals surface area (Å²) in [7, 11) is 0. The van der Waals surface area contributed by atoms with Crippen molar-refractivity contribution < 1.29 is 9.90 Å². The summed E-state index contributed by atoms with van der Waals surface area (Å²) in [6.45, 7) is 5.23. The molecule has 0 aromatic carbocycles. The van der Waals surface area contributed by atoms with Crippen molar-refractivity contribution in [2.45, 2.75) is 45.1 Å². The van der Waals surface area contributed by atoms with E-state index in [1.807, 2.05) is 0 Å². The van der Waals surface area contributed by atoms with Crippen molar-refractivity contribution in [2.24, 2.45) is 0 Å². The molecule has 1 saturated heterocycles. The molecule has 106 valence electrons. The maximum absolute atomic E-state index is 11.9. The Balaban J connectivity index is 1.94. The van der Waals surface area contributed by atoms with Crippen molar-refractivity contribution in [3.63, 3.8) is 0 Å². The molecule has 6 nitrogen and oxygen atoms in total. The largest absolute Gasteiger partial charge is 0.391 e. The number of hydrogen-bond donors (Lipinski definition) is 2. The number of nitrogens with one attached hydrogen (secondary N) is 1. The van der Waals surface area contributed by atoms with Gasteiger partial charge in [0, 0.05) is 19.0 Å². The van der Waals surface area contributed by atoms with E-state index in [1.54, 1.807) is 4.90 Å². The highest BCUT2D eigenvalue weighted by atomic mass is 32.1. The number of β-amino-alcohol motifs (C(OH)–C–C–N with tert-alkyl or cyclic N) is 1. The summed E-state index contributed by atoms with van der Waals surface area (Å²) in [5, 5.41) is 21.8. The molecule has 19 heavy (non-hydrogen) atoms. The maximum Gasteiger partial charge on any atom is 0.323 e. The van der Waals surface area contributed by atoms with Crippen LogP contribution in [0.4, 0.5) is 9.93 Å². The van der Waals surface area contributed by atoms with Gasteiger partial charge in [-0.1, -0.05) is 25.2 Å². The molecular weight excluding hydrogens is 264 g/mol. The molecule has 2 N–H and O–H groups in total. The number of aliphatic hydroxyl groups excluding tert-OH is 1. The van der Waals surface area contributed by atoms with Crippen molar-refractivity contribution in [3.05, 3.63) is 5.01 Å². The van der Waals surface area contributed by atoms with Crippen LogP contribution >= 0.6 is 11.3 Å². The van der Waals surface area contributed by atoms with Crippen LogP contribution in [0.2, 0.25) is 0 Å². The van der Waals surface area contributed by atoms with Crippen molar-refractivity contribution >= 4 is 22.5 Å². The quantitative estimate of drug-likeness (QED) is 0.887. The van der Waals surface area contributed by atoms with Crippen molar-refractivity contribution in [1.82, 2.24) is 15.1 Å². The lowest BCUT2D eigenvalue weighted by molar-refractivity contribution is 0.176. The zero-order chi connectivity index (χ0) is 13.8. The molecule has 7 heteroatoms. The number of aromatic nitrogens is 2. The van der Waals surface area contributed by atoms with Gasteiger partial charge in [-0.2, -0.15) is 0 Å². The molecule has 1 aliphatic heterocycles. The van der Waals surface area contributed by atoms with Gasteiger partial charge in [0.1, 0.15) is 5.01 Å². The molecule has 0 bridgehead atoms. The fourth-order valence-corrected chi connectivity index (χ4v) is 3.18. The van der Waals surface area contributed by atoms with E-state index in [1.165, 1.54) is 11.3 Å². The van der Waals surface area contributed by atoms with Crippen molar-refractivity contribution in [2.75, 3.05) is 18.4 Å². The topological polar surface area (TPSA) is 78.4 Å². The first-order valence-corrected chi connectivity index (χ1v) is 7.53. The van der Waals surface area contributed by atoms with Gasteiger partial charge in [-0.25, -0.2) is 4.79 Å². The van der Waals surface area contributed by atoms with E-state index in [0.717, 1.165) is 17.8 Å². The third-order valence-corrected chi connectivity index (χ3v) is 4.44. The Kier molecular flexibility index (Phi) is 4.71. The summed E-state index contributed by atoms with van der Waals surface area (Å²) in [4.78, 5) is 13.5. The summed E-state index contributed by atoms with van der Waals surface area (Å²) in [5.74, 6) is 0.414. The molecule has 2 heterocycles. The molecule has 0 aliphatic carbocycles. The van der Waals surface area contributed by atoms with Crippen LogP contribution in [0.15, 0.2) is 0 Å². The number of anilines is 1. The Labute approximate surface area is 116 Å². The molecule has 2 rings (SSSR count). The number of carbonyl (C=O) groups is 1. The van der Waals surface area contributed by atoms with E-state index in [4.69, 9.17) is 0 Å². The van der Waals surface area contributed by atoms with Gasteiger partial charge in [0.15, 0.2) is 0 Å². The number of amides is 2. The van der Waals surface area contributed by atoms with Gasteiger partial charge in [-0.05, 0) is 19.3 Å². The standard InChI is InChI=1S/C12H20N4O2S/c1-3-8(4-2)10-14-15-11(19-10)13-12(18)16-6-5-9(17)7-16/h8-9,17H,3-7H2,1-2H3,(H,13,15,18)/t9-/m0/s1. The molecule has 0 saturated carbocycles. The van der Waals surface area contributed by atoms with Gasteiger partial charge in [-0.15, -0.1) is 10.2 Å². The number of likely N-dealkylation sites (tertiary alicyclic amines) is 1. The van der Waals surface area contributed by atoms with Gasteiger partial charge in [0.2, 0.25) is 5.13 Å². The van der Waals surface area contributed by atoms with E-state index in [0.29, 0.717) is 30.6 Å². The van der Waals surface area contributed by atoms with Gasteiger partial charge in [0.05, 0.1) is 6.10 Å². The predicted octanol–water partition coefficient (Wildman–Crippen LogP) is 2.04. The summed E-state index contributed by atoms with van der Waals surface area (Å²) in [6.07, 6.45) is 2.29. The third kappa shape index (κ3) is 3.42. The Bertz CT molecular complexity index is 433. The lowest BCUT2D eigenvalue weighted by atomic mass is 10.1. The number of urea groups is 1. The van der Waals surface area contributed by atoms with E-state index in [-0.39, 0.29) is 6.03 Å². The molecule has 1 aromatic rings. The van der Waals surface area contributed by atoms with Crippen molar-refractivity contribution in [3.8, 4) is 0 Å². The van der Waals surface area contributed by atoms with Gasteiger partial charge >= 0.3 is 6.03 Å². The molecule has 0 unspecified atom stereocenters. The first-order valence-electron chi connectivity index (χ1n) is 6.71. The van der Waals surface area contributed by atoms with Crippen LogP contribution in [0.5, 0.6) is 0 Å². The van der Waals surface area contributed by atoms with E-state index < -0.39 is 6.10 Å². The van der Waals surface area contributed by atoms with Gasteiger partial charge in [-0.3, -0.25) is 5.32 Å². The van der Waals surface area contributed by atoms with Crippen molar-refractivity contribution in [1.29, 1.82) is 0 Å². The second-order valence-corrected chi connectivity index (χ2v) is 5.79. The van der Waals surface area contributed by atoms with E-state index >= 15 is 0 Å². The number of nitrogens with zero attached hydrogens (tertiary/aromatic N) is 3. The highest BCUT2D eigenvalue weighted by Crippen LogP contribution is 2.28. The Hall–Kier alpha value is -1.21. The lowest BCUT2D eigenvalue weighted by Crippen LogP contribution is -2.33. The summed E-state index contributed by atoms with van der Waals surface area (Å²) < 4.78 is 0. The zero-order valence-corrected chi connectivity index (χ0v) is 12.1. The highest BCUT2D eigenvalue weighted by Gasteiger charge is 2.25. The van der Waals surface area contributed by atoms with Crippen LogP contribution in [0.3, 0.4) is 0 Å². The van der Waals surface area contributed by atoms with Gasteiger partial charge in [0.25, 0.3) is 0 Å². The maximum atomic E-state index is 11.9. The number of aliphatic hydroxyl groups is 1. The second-order valence-electron chi connectivity index (χ2n) is 4.78. The molecule has 1 fully saturated rings. The van der Waals surface area contributed by atoms with Crippen LogP contribution in [0.25, 0.3) is 0 Å². The van der Waals surface area contributed by atoms with Crippen LogP contribution in [0.1, 0.15) is 44.0 Å². The Morgan fingerprint density at radius 2 is 2.26 bits per heavy atom. The average molecular weight is 284 g/mol. The minimum atomic E-state index is -0.403. The van der Waals surface area contributed by atoms with Crippen LogP contribution in [-0.4, -0.2) is 45.4 Å². The van der Waals surface area contributed by atoms with Crippen LogP contribution in [0, 0.1) is 0 Å². The normalized spacial score (nSPS) is 19.2. The monoisotopic (exact) mass is 284 g/mol. The minimum absolute atomic E-state index is 0.205. The predicted molar refractivity (Wildman–Crippen MR) is 74.4 cm³/mol. The number of rotatable bonds is 4.